The second kappa shape index (κ2) is 7.09. The van der Waals surface area contributed by atoms with Crippen LogP contribution in [0.5, 0.6) is 0 Å². The van der Waals surface area contributed by atoms with Crippen LogP contribution in [-0.2, 0) is 28.5 Å². The molecule has 3 heterocycles. The molecule has 0 spiro atoms. The normalized spacial score (nSPS) is 24.1. The smallest absolute Gasteiger partial charge is 0.282 e. The van der Waals surface area contributed by atoms with Gasteiger partial charge in [-0.05, 0) is 33.0 Å². The van der Waals surface area contributed by atoms with E-state index in [2.05, 4.69) is 10.00 Å². The van der Waals surface area contributed by atoms with Crippen molar-refractivity contribution in [1.82, 2.24) is 23.3 Å². The Morgan fingerprint density at radius 2 is 2.00 bits per heavy atom. The summed E-state index contributed by atoms with van der Waals surface area (Å²) in [6.07, 6.45) is 1.69. The van der Waals surface area contributed by atoms with Crippen molar-refractivity contribution in [3.05, 3.63) is 17.5 Å². The van der Waals surface area contributed by atoms with E-state index in [-0.39, 0.29) is 6.04 Å². The fraction of sp³-hybridized carbons (Fsp3) is 0.800. The number of aromatic nitrogens is 2. The minimum absolute atomic E-state index is 0.167. The number of ether oxygens (including phenoxy) is 1. The zero-order valence-electron chi connectivity index (χ0n) is 14.7. The van der Waals surface area contributed by atoms with Gasteiger partial charge in [0.1, 0.15) is 0 Å². The minimum Gasteiger partial charge on any atom is -0.379 e. The molecule has 2 aliphatic rings. The zero-order valence-corrected chi connectivity index (χ0v) is 15.5. The summed E-state index contributed by atoms with van der Waals surface area (Å²) in [6, 6.07) is 1.87. The van der Waals surface area contributed by atoms with Crippen molar-refractivity contribution in [2.24, 2.45) is 7.05 Å². The molecule has 0 radical (unpaired) electrons. The van der Waals surface area contributed by atoms with Crippen LogP contribution in [0.4, 0.5) is 0 Å². The van der Waals surface area contributed by atoms with Crippen LogP contribution in [0, 0.1) is 0 Å². The lowest BCUT2D eigenvalue weighted by atomic mass is 10.1. The van der Waals surface area contributed by atoms with Crippen LogP contribution >= 0.6 is 0 Å². The van der Waals surface area contributed by atoms with Crippen molar-refractivity contribution in [2.75, 3.05) is 46.9 Å². The van der Waals surface area contributed by atoms with Crippen LogP contribution in [0.2, 0.25) is 0 Å². The Bertz CT molecular complexity index is 667. The summed E-state index contributed by atoms with van der Waals surface area (Å²) in [6.45, 7) is 3.14. The molecule has 9 heteroatoms. The highest BCUT2D eigenvalue weighted by Crippen LogP contribution is 2.35. The summed E-state index contributed by atoms with van der Waals surface area (Å²) >= 11 is 0. The first-order chi connectivity index (χ1) is 11.4. The van der Waals surface area contributed by atoms with E-state index in [1.807, 2.05) is 31.9 Å². The molecule has 3 rings (SSSR count). The predicted molar refractivity (Wildman–Crippen MR) is 90.6 cm³/mol. The average molecular weight is 357 g/mol. The van der Waals surface area contributed by atoms with Crippen molar-refractivity contribution in [1.29, 1.82) is 0 Å². The molecular formula is C15H27N5O3S. The number of nitrogens with zero attached hydrogens (tertiary/aromatic N) is 5. The lowest BCUT2D eigenvalue weighted by Crippen LogP contribution is -2.48. The van der Waals surface area contributed by atoms with E-state index in [0.29, 0.717) is 32.8 Å². The van der Waals surface area contributed by atoms with Crippen LogP contribution in [0.1, 0.15) is 30.3 Å². The molecule has 8 nitrogen and oxygen atoms in total. The van der Waals surface area contributed by atoms with Gasteiger partial charge in [-0.2, -0.15) is 22.1 Å². The van der Waals surface area contributed by atoms with E-state index in [9.17, 15) is 8.42 Å². The second-order valence-corrected chi connectivity index (χ2v) is 8.59. The molecule has 1 atom stereocenters. The fourth-order valence-corrected chi connectivity index (χ4v) is 5.20. The van der Waals surface area contributed by atoms with Gasteiger partial charge < -0.3 is 9.64 Å². The molecule has 24 heavy (non-hydrogen) atoms. The van der Waals surface area contributed by atoms with Gasteiger partial charge in [0.05, 0.1) is 30.6 Å². The van der Waals surface area contributed by atoms with Crippen LogP contribution in [0.3, 0.4) is 0 Å². The lowest BCUT2D eigenvalue weighted by Gasteiger charge is -2.32. The van der Waals surface area contributed by atoms with E-state index < -0.39 is 10.2 Å². The summed E-state index contributed by atoms with van der Waals surface area (Å²) in [5.74, 6) is 0. The Hall–Kier alpha value is -1.00. The Balaban J connectivity index is 1.82. The molecule has 0 amide bonds. The van der Waals surface area contributed by atoms with E-state index in [1.165, 1.54) is 0 Å². The molecular weight excluding hydrogens is 330 g/mol. The summed E-state index contributed by atoms with van der Waals surface area (Å²) in [7, 11) is 2.48. The van der Waals surface area contributed by atoms with Crippen molar-refractivity contribution in [3.63, 3.8) is 0 Å². The zero-order chi connectivity index (χ0) is 17.3. The Kier molecular flexibility index (Phi) is 5.26. The topological polar surface area (TPSA) is 70.9 Å². The number of hydrogen-bond donors (Lipinski definition) is 0. The van der Waals surface area contributed by atoms with Gasteiger partial charge >= 0.3 is 0 Å². The monoisotopic (exact) mass is 357 g/mol. The van der Waals surface area contributed by atoms with Crippen LogP contribution in [-0.4, -0.2) is 78.7 Å². The Morgan fingerprint density at radius 3 is 2.67 bits per heavy atom. The SMILES string of the molecule is CN(C)Cc1cc(C2CCCN2S(=O)(=O)N2CCOCC2)nn1C. The first kappa shape index (κ1) is 17.8. The molecule has 0 aliphatic carbocycles. The minimum atomic E-state index is -3.46. The molecule has 0 N–H and O–H groups in total. The lowest BCUT2D eigenvalue weighted by molar-refractivity contribution is 0.0698. The maximum Gasteiger partial charge on any atom is 0.282 e. The third kappa shape index (κ3) is 3.50. The molecule has 1 aromatic heterocycles. The maximum atomic E-state index is 13.0. The predicted octanol–water partition coefficient (Wildman–Crippen LogP) is 0.196. The highest BCUT2D eigenvalue weighted by molar-refractivity contribution is 7.86. The van der Waals surface area contributed by atoms with Gasteiger partial charge in [0, 0.05) is 33.2 Å². The number of hydrogen-bond acceptors (Lipinski definition) is 5. The molecule has 2 aliphatic heterocycles. The largest absolute Gasteiger partial charge is 0.379 e. The summed E-state index contributed by atoms with van der Waals surface area (Å²) in [5, 5.41) is 4.60. The van der Waals surface area contributed by atoms with Gasteiger partial charge in [-0.15, -0.1) is 0 Å². The molecule has 136 valence electrons. The highest BCUT2D eigenvalue weighted by Gasteiger charge is 2.40. The molecule has 1 aromatic rings. The van der Waals surface area contributed by atoms with Gasteiger partial charge in [-0.25, -0.2) is 0 Å². The van der Waals surface area contributed by atoms with Crippen LogP contribution in [0.15, 0.2) is 6.07 Å². The van der Waals surface area contributed by atoms with E-state index in [1.54, 1.807) is 8.61 Å². The second-order valence-electron chi connectivity index (χ2n) is 6.71. The quantitative estimate of drug-likeness (QED) is 0.753. The maximum absolute atomic E-state index is 13.0. The third-order valence-corrected chi connectivity index (χ3v) is 6.66. The van der Waals surface area contributed by atoms with Crippen molar-refractivity contribution < 1.29 is 13.2 Å². The first-order valence-electron chi connectivity index (χ1n) is 8.42. The number of aryl methyl sites for hydroxylation is 1. The molecule has 2 saturated heterocycles. The number of morpholine rings is 1. The summed E-state index contributed by atoms with van der Waals surface area (Å²) < 4.78 is 36.3. The Morgan fingerprint density at radius 1 is 1.29 bits per heavy atom. The van der Waals surface area contributed by atoms with Gasteiger partial charge in [0.25, 0.3) is 10.2 Å². The molecule has 0 saturated carbocycles. The average Bonchev–Trinajstić information content (AvgIpc) is 3.15. The summed E-state index contributed by atoms with van der Waals surface area (Å²) in [5.41, 5.74) is 1.94. The van der Waals surface area contributed by atoms with E-state index in [0.717, 1.165) is 30.8 Å². The number of rotatable bonds is 5. The van der Waals surface area contributed by atoms with Gasteiger partial charge in [0.15, 0.2) is 0 Å². The van der Waals surface area contributed by atoms with Gasteiger partial charge in [-0.3, -0.25) is 4.68 Å². The van der Waals surface area contributed by atoms with Crippen LogP contribution in [0.25, 0.3) is 0 Å². The third-order valence-electron chi connectivity index (χ3n) is 4.61. The van der Waals surface area contributed by atoms with Crippen LogP contribution < -0.4 is 0 Å². The Labute approximate surface area is 144 Å². The van der Waals surface area contributed by atoms with Gasteiger partial charge in [-0.1, -0.05) is 0 Å². The summed E-state index contributed by atoms with van der Waals surface area (Å²) in [4.78, 5) is 2.08. The standard InChI is InChI=1S/C15H27N5O3S/c1-17(2)12-13-11-14(16-18(13)3)15-5-4-6-20(15)24(21,22)19-7-9-23-10-8-19/h11,15H,4-10,12H2,1-3H3. The van der Waals surface area contributed by atoms with Crippen molar-refractivity contribution in [3.8, 4) is 0 Å². The highest BCUT2D eigenvalue weighted by atomic mass is 32.2. The van der Waals surface area contributed by atoms with Crippen molar-refractivity contribution >= 4 is 10.2 Å². The fourth-order valence-electron chi connectivity index (χ4n) is 3.40. The first-order valence-corrected chi connectivity index (χ1v) is 9.81. The van der Waals surface area contributed by atoms with E-state index in [4.69, 9.17) is 4.74 Å². The van der Waals surface area contributed by atoms with E-state index >= 15 is 0 Å². The molecule has 0 bridgehead atoms. The van der Waals surface area contributed by atoms with Crippen molar-refractivity contribution in [2.45, 2.75) is 25.4 Å². The molecule has 2 fully saturated rings. The van der Waals surface area contributed by atoms with Gasteiger partial charge in [0.2, 0.25) is 0 Å². The molecule has 1 unspecified atom stereocenters. The molecule has 0 aromatic carbocycles.